The normalized spacial score (nSPS) is 44.2. The van der Waals surface area contributed by atoms with E-state index < -0.39 is 23.1 Å². The second kappa shape index (κ2) is 4.15. The maximum absolute atomic E-state index is 12.4. The number of carbonyl (C=O) groups is 2. The Labute approximate surface area is 117 Å². The summed E-state index contributed by atoms with van der Waals surface area (Å²) < 4.78 is 5.40. The third-order valence-corrected chi connectivity index (χ3v) is 5.73. The maximum atomic E-state index is 12.4. The van der Waals surface area contributed by atoms with E-state index in [0.29, 0.717) is 31.3 Å². The molecule has 5 nitrogen and oxygen atoms in total. The van der Waals surface area contributed by atoms with Gasteiger partial charge in [-0.1, -0.05) is 6.92 Å². The van der Waals surface area contributed by atoms with Crippen molar-refractivity contribution in [2.45, 2.75) is 51.2 Å². The summed E-state index contributed by atoms with van der Waals surface area (Å²) in [5.74, 6) is -0.649. The summed E-state index contributed by atoms with van der Waals surface area (Å²) in [6.07, 6.45) is 1.28. The number of aliphatic hydroxyl groups excluding tert-OH is 1. The molecule has 2 saturated carbocycles. The van der Waals surface area contributed by atoms with Gasteiger partial charge in [-0.3, -0.25) is 4.79 Å². The van der Waals surface area contributed by atoms with Crippen molar-refractivity contribution in [3.63, 3.8) is 0 Å². The molecular formula is C15H20O5. The molecule has 2 aliphatic carbocycles. The molecule has 2 N–H and O–H groups in total. The molecule has 3 rings (SSSR count). The number of Topliss-reactive ketones (excluding diaryl/α,β-unsaturated/α-hetero) is 1. The van der Waals surface area contributed by atoms with E-state index in [0.717, 1.165) is 0 Å². The van der Waals surface area contributed by atoms with Gasteiger partial charge in [-0.2, -0.15) is 0 Å². The van der Waals surface area contributed by atoms with E-state index in [-0.39, 0.29) is 23.9 Å². The Morgan fingerprint density at radius 2 is 2.05 bits per heavy atom. The average molecular weight is 280 g/mol. The summed E-state index contributed by atoms with van der Waals surface area (Å²) in [5.41, 5.74) is -1.25. The van der Waals surface area contributed by atoms with Gasteiger partial charge in [0.05, 0.1) is 23.2 Å². The van der Waals surface area contributed by atoms with Gasteiger partial charge in [0.2, 0.25) is 0 Å². The van der Waals surface area contributed by atoms with Gasteiger partial charge in [0, 0.05) is 6.42 Å². The summed E-state index contributed by atoms with van der Waals surface area (Å²) in [4.78, 5) is 24.3. The first-order valence-corrected chi connectivity index (χ1v) is 7.15. The first-order valence-electron chi connectivity index (χ1n) is 7.15. The van der Waals surface area contributed by atoms with Crippen molar-refractivity contribution in [3.8, 4) is 0 Å². The lowest BCUT2D eigenvalue weighted by atomic mass is 9.66. The molecule has 0 bridgehead atoms. The van der Waals surface area contributed by atoms with Crippen LogP contribution in [-0.4, -0.2) is 40.3 Å². The molecule has 110 valence electrons. The van der Waals surface area contributed by atoms with Crippen molar-refractivity contribution < 1.29 is 24.5 Å². The maximum Gasteiger partial charge on any atom is 0.337 e. The van der Waals surface area contributed by atoms with Crippen LogP contribution in [-0.2, 0) is 14.3 Å². The second-order valence-corrected chi connectivity index (χ2v) is 6.44. The van der Waals surface area contributed by atoms with Crippen molar-refractivity contribution in [2.24, 2.45) is 11.3 Å². The molecule has 3 aliphatic rings. The van der Waals surface area contributed by atoms with Crippen LogP contribution in [0.1, 0.15) is 39.5 Å². The van der Waals surface area contributed by atoms with E-state index in [9.17, 15) is 19.8 Å². The van der Waals surface area contributed by atoms with E-state index >= 15 is 0 Å². The van der Waals surface area contributed by atoms with Gasteiger partial charge in [0.25, 0.3) is 0 Å². The number of rotatable bonds is 1. The molecule has 0 saturated heterocycles. The Kier molecular flexibility index (Phi) is 2.86. The molecule has 1 heterocycles. The highest BCUT2D eigenvalue weighted by atomic mass is 16.6. The highest BCUT2D eigenvalue weighted by molar-refractivity contribution is 5.96. The summed E-state index contributed by atoms with van der Waals surface area (Å²) >= 11 is 0. The third kappa shape index (κ3) is 1.40. The van der Waals surface area contributed by atoms with Gasteiger partial charge in [-0.15, -0.1) is 0 Å². The van der Waals surface area contributed by atoms with Gasteiger partial charge in [-0.25, -0.2) is 4.79 Å². The van der Waals surface area contributed by atoms with E-state index in [4.69, 9.17) is 4.74 Å². The van der Waals surface area contributed by atoms with Crippen LogP contribution >= 0.6 is 0 Å². The zero-order valence-corrected chi connectivity index (χ0v) is 11.8. The molecule has 0 amide bonds. The minimum absolute atomic E-state index is 0.0457. The van der Waals surface area contributed by atoms with Crippen molar-refractivity contribution in [2.75, 3.05) is 6.61 Å². The molecule has 0 aromatic heterocycles. The molecule has 5 heteroatoms. The number of fused-ring (bicyclic) bond motifs is 3. The molecular weight excluding hydrogens is 260 g/mol. The van der Waals surface area contributed by atoms with E-state index in [2.05, 4.69) is 0 Å². The van der Waals surface area contributed by atoms with Gasteiger partial charge >= 0.3 is 5.97 Å². The molecule has 2 fully saturated rings. The average Bonchev–Trinajstić information content (AvgIpc) is 2.84. The molecule has 0 radical (unpaired) electrons. The number of aliphatic hydroxyl groups is 2. The molecule has 0 spiro atoms. The standard InChI is InChI=1S/C15H20O5/c1-8-3-4-9-10(7-16)13(18)20-12(9)14(2)11(17)5-6-15(8,14)19/h8,12,16,19H,3-7H2,1-2H3/t8-,12+,14-,15+/m0/s1. The fourth-order valence-electron chi connectivity index (χ4n) is 4.26. The SMILES string of the molecule is C[C@H]1CCC2=C(CO)C(=O)O[C@H]2[C@]2(C)C(=O)CC[C@@]12O. The monoisotopic (exact) mass is 280 g/mol. The van der Waals surface area contributed by atoms with Crippen molar-refractivity contribution in [1.29, 1.82) is 0 Å². The topological polar surface area (TPSA) is 83.8 Å². The molecule has 20 heavy (non-hydrogen) atoms. The lowest BCUT2D eigenvalue weighted by Crippen LogP contribution is -2.55. The van der Waals surface area contributed by atoms with E-state index in [1.807, 2.05) is 6.92 Å². The van der Waals surface area contributed by atoms with Crippen molar-refractivity contribution in [3.05, 3.63) is 11.1 Å². The van der Waals surface area contributed by atoms with Crippen LogP contribution in [0.5, 0.6) is 0 Å². The molecule has 4 atom stereocenters. The van der Waals surface area contributed by atoms with Gasteiger partial charge in [0.1, 0.15) is 11.9 Å². The molecule has 0 unspecified atom stereocenters. The highest BCUT2D eigenvalue weighted by Gasteiger charge is 2.67. The Balaban J connectivity index is 2.18. The largest absolute Gasteiger partial charge is 0.453 e. The highest BCUT2D eigenvalue weighted by Crippen LogP contribution is 2.57. The van der Waals surface area contributed by atoms with Crippen LogP contribution < -0.4 is 0 Å². The smallest absolute Gasteiger partial charge is 0.337 e. The van der Waals surface area contributed by atoms with Crippen LogP contribution in [0, 0.1) is 11.3 Å². The number of ketones is 1. The quantitative estimate of drug-likeness (QED) is 0.692. The number of carbonyl (C=O) groups excluding carboxylic acids is 2. The first kappa shape index (κ1) is 13.8. The summed E-state index contributed by atoms with van der Waals surface area (Å²) in [7, 11) is 0. The third-order valence-electron chi connectivity index (χ3n) is 5.73. The lowest BCUT2D eigenvalue weighted by molar-refractivity contribution is -0.167. The first-order chi connectivity index (χ1) is 9.36. The van der Waals surface area contributed by atoms with E-state index in [1.54, 1.807) is 6.92 Å². The Morgan fingerprint density at radius 1 is 1.35 bits per heavy atom. The van der Waals surface area contributed by atoms with Crippen LogP contribution in [0.2, 0.25) is 0 Å². The van der Waals surface area contributed by atoms with Gasteiger partial charge < -0.3 is 14.9 Å². The van der Waals surface area contributed by atoms with Gasteiger partial charge in [-0.05, 0) is 37.7 Å². The van der Waals surface area contributed by atoms with Crippen LogP contribution in [0.15, 0.2) is 11.1 Å². The van der Waals surface area contributed by atoms with Crippen molar-refractivity contribution >= 4 is 11.8 Å². The van der Waals surface area contributed by atoms with Crippen LogP contribution in [0.25, 0.3) is 0 Å². The van der Waals surface area contributed by atoms with Crippen molar-refractivity contribution in [1.82, 2.24) is 0 Å². The zero-order valence-electron chi connectivity index (χ0n) is 11.8. The fraction of sp³-hybridized carbons (Fsp3) is 0.733. The number of ether oxygens (including phenoxy) is 1. The molecule has 1 aliphatic heterocycles. The molecule has 0 aromatic rings. The minimum atomic E-state index is -1.14. The summed E-state index contributed by atoms with van der Waals surface area (Å²) in [5, 5.41) is 20.5. The Morgan fingerprint density at radius 3 is 2.70 bits per heavy atom. The Hall–Kier alpha value is -1.20. The fourth-order valence-corrected chi connectivity index (χ4v) is 4.26. The summed E-state index contributed by atoms with van der Waals surface area (Å²) in [6, 6.07) is 0. The zero-order chi connectivity index (χ0) is 14.7. The van der Waals surface area contributed by atoms with Gasteiger partial charge in [0.15, 0.2) is 0 Å². The predicted molar refractivity (Wildman–Crippen MR) is 69.7 cm³/mol. The minimum Gasteiger partial charge on any atom is -0.453 e. The number of hydrogen-bond acceptors (Lipinski definition) is 5. The predicted octanol–water partition coefficient (Wildman–Crippen LogP) is 0.731. The Bertz CT molecular complexity index is 522. The van der Waals surface area contributed by atoms with Crippen LogP contribution in [0.3, 0.4) is 0 Å². The summed E-state index contributed by atoms with van der Waals surface area (Å²) in [6.45, 7) is 3.28. The second-order valence-electron chi connectivity index (χ2n) is 6.44. The lowest BCUT2D eigenvalue weighted by Gasteiger charge is -2.43. The van der Waals surface area contributed by atoms with Crippen LogP contribution in [0.4, 0.5) is 0 Å². The van der Waals surface area contributed by atoms with E-state index in [1.165, 1.54) is 0 Å². The molecule has 0 aromatic carbocycles. The number of hydrogen-bond donors (Lipinski definition) is 2. The number of esters is 1.